The number of nitrogens with two attached hydrogens (primary N) is 1. The number of primary sulfonamides is 1. The van der Waals surface area contributed by atoms with E-state index < -0.39 is 10.0 Å². The van der Waals surface area contributed by atoms with Gasteiger partial charge in [0.1, 0.15) is 5.82 Å². The molecule has 1 aromatic heterocycles. The number of hydrogen-bond donors (Lipinski definition) is 2. The van der Waals surface area contributed by atoms with E-state index in [1.165, 1.54) is 43.6 Å². The molecule has 1 aliphatic heterocycles. The van der Waals surface area contributed by atoms with Crippen LogP contribution in [0.1, 0.15) is 49.6 Å². The zero-order valence-corrected chi connectivity index (χ0v) is 20.5. The lowest BCUT2D eigenvalue weighted by Crippen LogP contribution is -2.23. The molecule has 1 amide bonds. The molecule has 0 spiro atoms. The van der Waals surface area contributed by atoms with Gasteiger partial charge in [-0.25, -0.2) is 18.5 Å². The molecule has 0 atom stereocenters. The third-order valence-corrected chi connectivity index (χ3v) is 7.18. The first-order valence-corrected chi connectivity index (χ1v) is 13.5. The molecule has 0 radical (unpaired) electrons. The average Bonchev–Trinajstić information content (AvgIpc) is 3.44. The second kappa shape index (κ2) is 10.7. The quantitative estimate of drug-likeness (QED) is 0.461. The summed E-state index contributed by atoms with van der Waals surface area (Å²) in [5, 5.41) is 8.25. The van der Waals surface area contributed by atoms with Gasteiger partial charge in [-0.15, -0.1) is 0 Å². The Labute approximate surface area is 201 Å². The molecule has 0 unspecified atom stereocenters. The number of imidazole rings is 1. The number of carbonyl (C=O) groups excluding carboxylic acids is 1. The number of hydrogen-bond acceptors (Lipinski definition) is 5. The van der Waals surface area contributed by atoms with Crippen molar-refractivity contribution in [3.63, 3.8) is 0 Å². The number of amides is 1. The molecule has 4 rings (SSSR count). The van der Waals surface area contributed by atoms with Gasteiger partial charge in [-0.3, -0.25) is 9.69 Å². The molecule has 0 saturated carbocycles. The Morgan fingerprint density at radius 2 is 1.79 bits per heavy atom. The first kappa shape index (κ1) is 24.4. The minimum Gasteiger partial charge on any atom is -0.352 e. The van der Waals surface area contributed by atoms with E-state index in [0.717, 1.165) is 36.4 Å². The van der Waals surface area contributed by atoms with Crippen molar-refractivity contribution >= 4 is 27.0 Å². The maximum atomic E-state index is 12.5. The largest absolute Gasteiger partial charge is 0.352 e. The monoisotopic (exact) mass is 483 g/mol. The number of aromatic nitrogens is 2. The maximum Gasteiger partial charge on any atom is 0.238 e. The molecular weight excluding hydrogens is 450 g/mol. The highest BCUT2D eigenvalue weighted by Gasteiger charge is 2.16. The molecule has 2 heterocycles. The van der Waals surface area contributed by atoms with Gasteiger partial charge in [-0.05, 0) is 61.7 Å². The fourth-order valence-corrected chi connectivity index (χ4v) is 5.01. The predicted octanol–water partition coefficient (Wildman–Crippen LogP) is 2.94. The van der Waals surface area contributed by atoms with E-state index in [1.807, 2.05) is 0 Å². The Hall–Kier alpha value is -2.75. The van der Waals surface area contributed by atoms with Crippen LogP contribution < -0.4 is 10.5 Å². The third-order valence-electron chi connectivity index (χ3n) is 6.27. The highest BCUT2D eigenvalue weighted by molar-refractivity contribution is 7.89. The van der Waals surface area contributed by atoms with Crippen LogP contribution in [0.3, 0.4) is 0 Å². The van der Waals surface area contributed by atoms with Gasteiger partial charge in [-0.2, -0.15) is 0 Å². The van der Waals surface area contributed by atoms with Crippen LogP contribution in [0.25, 0.3) is 11.0 Å². The summed E-state index contributed by atoms with van der Waals surface area (Å²) in [7, 11) is -3.79. The minimum atomic E-state index is -3.79. The first-order valence-electron chi connectivity index (χ1n) is 11.9. The van der Waals surface area contributed by atoms with Gasteiger partial charge in [-0.1, -0.05) is 31.2 Å². The lowest BCUT2D eigenvalue weighted by Gasteiger charge is -2.14. The Morgan fingerprint density at radius 1 is 1.09 bits per heavy atom. The number of benzene rings is 2. The van der Waals surface area contributed by atoms with E-state index >= 15 is 0 Å². The van der Waals surface area contributed by atoms with Gasteiger partial charge < -0.3 is 9.88 Å². The molecule has 34 heavy (non-hydrogen) atoms. The maximum absolute atomic E-state index is 12.5. The van der Waals surface area contributed by atoms with E-state index in [1.54, 1.807) is 6.07 Å². The molecular formula is C25H33N5O3S. The van der Waals surface area contributed by atoms with Crippen molar-refractivity contribution in [1.82, 2.24) is 19.8 Å². The number of fused-ring (bicyclic) bond motifs is 1. The van der Waals surface area contributed by atoms with Crippen LogP contribution >= 0.6 is 0 Å². The molecule has 1 saturated heterocycles. The normalized spacial score (nSPS) is 14.6. The minimum absolute atomic E-state index is 0.0388. The van der Waals surface area contributed by atoms with Crippen LogP contribution in [0, 0.1) is 0 Å². The van der Waals surface area contributed by atoms with Crippen molar-refractivity contribution in [2.45, 2.75) is 63.6 Å². The van der Waals surface area contributed by atoms with Crippen molar-refractivity contribution in [3.05, 3.63) is 59.4 Å². The fraction of sp³-hybridized carbons (Fsp3) is 0.440. The molecule has 1 fully saturated rings. The standard InChI is InChI=1S/C25H33N5O3S/c1-2-13-30-23-10-9-21(34(26,32)33)16-22(23)28-24(30)11-12-25(31)27-17-19-5-7-20(8-6-19)18-29-14-3-4-15-29/h5-10,16H,2-4,11-15,17-18H2,1H3,(H,27,31)(H2,26,32,33). The van der Waals surface area contributed by atoms with Crippen LogP contribution in [0.2, 0.25) is 0 Å². The van der Waals surface area contributed by atoms with Gasteiger partial charge in [0.15, 0.2) is 0 Å². The zero-order valence-electron chi connectivity index (χ0n) is 19.7. The SMILES string of the molecule is CCCn1c(CCC(=O)NCc2ccc(CN3CCCC3)cc2)nc2cc(S(N)(=O)=O)ccc21. The topological polar surface area (TPSA) is 110 Å². The van der Waals surface area contributed by atoms with Crippen LogP contribution in [0.15, 0.2) is 47.4 Å². The molecule has 1 aliphatic rings. The molecule has 0 aliphatic carbocycles. The summed E-state index contributed by atoms with van der Waals surface area (Å²) < 4.78 is 25.4. The lowest BCUT2D eigenvalue weighted by atomic mass is 10.1. The second-order valence-corrected chi connectivity index (χ2v) is 10.5. The van der Waals surface area contributed by atoms with Crippen LogP contribution in [-0.4, -0.2) is 41.9 Å². The summed E-state index contributed by atoms with van der Waals surface area (Å²) in [6.45, 7) is 6.65. The molecule has 8 nitrogen and oxygen atoms in total. The summed E-state index contributed by atoms with van der Waals surface area (Å²) in [4.78, 5) is 19.6. The Balaban J connectivity index is 1.34. The molecule has 9 heteroatoms. The summed E-state index contributed by atoms with van der Waals surface area (Å²) in [6.07, 6.45) is 4.25. The summed E-state index contributed by atoms with van der Waals surface area (Å²) in [5.74, 6) is 0.728. The summed E-state index contributed by atoms with van der Waals surface area (Å²) >= 11 is 0. The fourth-order valence-electron chi connectivity index (χ4n) is 4.48. The van der Waals surface area contributed by atoms with E-state index in [9.17, 15) is 13.2 Å². The first-order chi connectivity index (χ1) is 16.3. The summed E-state index contributed by atoms with van der Waals surface area (Å²) in [5.41, 5.74) is 3.80. The van der Waals surface area contributed by atoms with Crippen LogP contribution in [-0.2, 0) is 40.9 Å². The van der Waals surface area contributed by atoms with Gasteiger partial charge in [0, 0.05) is 32.5 Å². The number of nitrogens with one attached hydrogen (secondary N) is 1. The molecule has 3 aromatic rings. The molecule has 182 valence electrons. The van der Waals surface area contributed by atoms with Crippen molar-refractivity contribution in [2.75, 3.05) is 13.1 Å². The zero-order chi connectivity index (χ0) is 24.1. The van der Waals surface area contributed by atoms with E-state index in [4.69, 9.17) is 5.14 Å². The Bertz CT molecular complexity index is 1250. The highest BCUT2D eigenvalue weighted by atomic mass is 32.2. The van der Waals surface area contributed by atoms with Gasteiger partial charge in [0.05, 0.1) is 15.9 Å². The second-order valence-electron chi connectivity index (χ2n) is 8.95. The van der Waals surface area contributed by atoms with Crippen LogP contribution in [0.4, 0.5) is 0 Å². The van der Waals surface area contributed by atoms with Crippen LogP contribution in [0.5, 0.6) is 0 Å². The number of nitrogens with zero attached hydrogens (tertiary/aromatic N) is 3. The van der Waals surface area contributed by atoms with Gasteiger partial charge in [0.2, 0.25) is 15.9 Å². The number of sulfonamides is 1. The molecule has 3 N–H and O–H groups in total. The Kier molecular flexibility index (Phi) is 7.65. The molecule has 2 aromatic carbocycles. The van der Waals surface area contributed by atoms with Crippen molar-refractivity contribution < 1.29 is 13.2 Å². The lowest BCUT2D eigenvalue weighted by molar-refractivity contribution is -0.121. The van der Waals surface area contributed by atoms with Gasteiger partial charge >= 0.3 is 0 Å². The number of carbonyl (C=O) groups is 1. The van der Waals surface area contributed by atoms with Crippen molar-refractivity contribution in [2.24, 2.45) is 5.14 Å². The molecule has 0 bridgehead atoms. The van der Waals surface area contributed by atoms with Crippen molar-refractivity contribution in [3.8, 4) is 0 Å². The van der Waals surface area contributed by atoms with Gasteiger partial charge in [0.25, 0.3) is 0 Å². The highest BCUT2D eigenvalue weighted by Crippen LogP contribution is 2.21. The number of likely N-dealkylation sites (tertiary alicyclic amines) is 1. The summed E-state index contributed by atoms with van der Waals surface area (Å²) in [6, 6.07) is 13.2. The average molecular weight is 484 g/mol. The van der Waals surface area contributed by atoms with Crippen molar-refractivity contribution in [1.29, 1.82) is 0 Å². The number of aryl methyl sites for hydroxylation is 2. The Morgan fingerprint density at radius 3 is 2.47 bits per heavy atom. The smallest absolute Gasteiger partial charge is 0.238 e. The van der Waals surface area contributed by atoms with E-state index in [0.29, 0.717) is 24.9 Å². The number of rotatable bonds is 10. The van der Waals surface area contributed by atoms with E-state index in [2.05, 4.69) is 51.0 Å². The predicted molar refractivity (Wildman–Crippen MR) is 133 cm³/mol. The van der Waals surface area contributed by atoms with E-state index in [-0.39, 0.29) is 10.8 Å². The third kappa shape index (κ3) is 6.02.